The van der Waals surface area contributed by atoms with Gasteiger partial charge in [0.1, 0.15) is 16.5 Å². The molecule has 140 valence electrons. The van der Waals surface area contributed by atoms with Crippen molar-refractivity contribution in [3.8, 4) is 11.3 Å². The van der Waals surface area contributed by atoms with Crippen LogP contribution in [0.15, 0.2) is 42.6 Å². The van der Waals surface area contributed by atoms with E-state index in [9.17, 15) is 9.18 Å². The fraction of sp³-hybridized carbons (Fsp3) is 0.250. The second-order valence-corrected chi connectivity index (χ2v) is 7.90. The molecule has 0 aliphatic rings. The molecule has 1 amide bonds. The molecule has 0 saturated heterocycles. The number of nitrogens with zero attached hydrogens (tertiary/aromatic N) is 2. The summed E-state index contributed by atoms with van der Waals surface area (Å²) in [6.45, 7) is 5.84. The molecule has 3 N–H and O–H groups in total. The van der Waals surface area contributed by atoms with E-state index in [1.54, 1.807) is 36.5 Å². The number of benzene rings is 1. The van der Waals surface area contributed by atoms with E-state index in [0.717, 1.165) is 4.88 Å². The molecule has 27 heavy (non-hydrogen) atoms. The molecule has 1 aromatic carbocycles. The largest absolute Gasteiger partial charge is 0.339 e. The van der Waals surface area contributed by atoms with Gasteiger partial charge in [-0.25, -0.2) is 9.37 Å². The summed E-state index contributed by atoms with van der Waals surface area (Å²) in [5.41, 5.74) is 6.97. The second kappa shape index (κ2) is 7.54. The van der Waals surface area contributed by atoms with E-state index in [2.05, 4.69) is 15.3 Å². The first-order valence-corrected chi connectivity index (χ1v) is 9.34. The Morgan fingerprint density at radius 1 is 1.26 bits per heavy atom. The third-order valence-electron chi connectivity index (χ3n) is 4.21. The molecule has 7 heteroatoms. The molecule has 3 rings (SSSR count). The van der Waals surface area contributed by atoms with Gasteiger partial charge in [0.2, 0.25) is 0 Å². The summed E-state index contributed by atoms with van der Waals surface area (Å²) in [6.07, 6.45) is 1.56. The van der Waals surface area contributed by atoms with E-state index < -0.39 is 5.54 Å². The van der Waals surface area contributed by atoms with Crippen LogP contribution in [-0.4, -0.2) is 15.9 Å². The third kappa shape index (κ3) is 3.89. The Morgan fingerprint density at radius 3 is 2.70 bits per heavy atom. The van der Waals surface area contributed by atoms with Crippen LogP contribution in [0.1, 0.15) is 39.8 Å². The van der Waals surface area contributed by atoms with Crippen LogP contribution in [-0.2, 0) is 12.1 Å². The molecule has 0 spiro atoms. The SMILES string of the molecule is Cc1sc(C(C)(C)NC(=O)c2ncccc2CN)nc1-c1ccccc1F. The van der Waals surface area contributed by atoms with Crippen LogP contribution >= 0.6 is 11.3 Å². The molecule has 5 nitrogen and oxygen atoms in total. The number of amides is 1. The number of nitrogens with two attached hydrogens (primary N) is 1. The average molecular weight is 384 g/mol. The highest BCUT2D eigenvalue weighted by Gasteiger charge is 2.29. The van der Waals surface area contributed by atoms with Gasteiger partial charge in [-0.3, -0.25) is 9.78 Å². The lowest BCUT2D eigenvalue weighted by molar-refractivity contribution is 0.0905. The van der Waals surface area contributed by atoms with Crippen molar-refractivity contribution in [2.45, 2.75) is 32.9 Å². The molecule has 0 bridgehead atoms. The van der Waals surface area contributed by atoms with E-state index in [4.69, 9.17) is 5.73 Å². The Labute approximate surface area is 161 Å². The minimum atomic E-state index is -0.751. The fourth-order valence-corrected chi connectivity index (χ4v) is 3.76. The predicted molar refractivity (Wildman–Crippen MR) is 105 cm³/mol. The van der Waals surface area contributed by atoms with Crippen molar-refractivity contribution in [1.29, 1.82) is 0 Å². The zero-order chi connectivity index (χ0) is 19.6. The Kier molecular flexibility index (Phi) is 5.34. The van der Waals surface area contributed by atoms with Gasteiger partial charge in [0.15, 0.2) is 0 Å². The average Bonchev–Trinajstić information content (AvgIpc) is 3.04. The van der Waals surface area contributed by atoms with Crippen LogP contribution in [0.4, 0.5) is 4.39 Å². The number of carbonyl (C=O) groups excluding carboxylic acids is 1. The van der Waals surface area contributed by atoms with Gasteiger partial charge in [-0.15, -0.1) is 11.3 Å². The number of hydrogen-bond acceptors (Lipinski definition) is 5. The summed E-state index contributed by atoms with van der Waals surface area (Å²) in [5.74, 6) is -0.637. The first kappa shape index (κ1) is 19.1. The summed E-state index contributed by atoms with van der Waals surface area (Å²) in [7, 11) is 0. The van der Waals surface area contributed by atoms with E-state index >= 15 is 0 Å². The zero-order valence-corrected chi connectivity index (χ0v) is 16.2. The molecular weight excluding hydrogens is 363 g/mol. The summed E-state index contributed by atoms with van der Waals surface area (Å²) in [4.78, 5) is 22.4. The molecular formula is C20H21FN4OS. The van der Waals surface area contributed by atoms with Gasteiger partial charge in [-0.05, 0) is 44.5 Å². The number of thiazole rings is 1. The smallest absolute Gasteiger partial charge is 0.270 e. The fourth-order valence-electron chi connectivity index (χ4n) is 2.77. The first-order valence-electron chi connectivity index (χ1n) is 8.52. The Hall–Kier alpha value is -2.64. The highest BCUT2D eigenvalue weighted by atomic mass is 32.1. The Bertz CT molecular complexity index is 984. The molecule has 0 aliphatic heterocycles. The van der Waals surface area contributed by atoms with Gasteiger partial charge in [-0.1, -0.05) is 18.2 Å². The highest BCUT2D eigenvalue weighted by Crippen LogP contribution is 2.34. The molecule has 0 radical (unpaired) electrons. The Balaban J connectivity index is 1.91. The van der Waals surface area contributed by atoms with Crippen molar-refractivity contribution in [2.24, 2.45) is 5.73 Å². The minimum Gasteiger partial charge on any atom is -0.339 e. The van der Waals surface area contributed by atoms with E-state index in [1.807, 2.05) is 20.8 Å². The molecule has 3 aromatic rings. The van der Waals surface area contributed by atoms with Crippen molar-refractivity contribution in [3.63, 3.8) is 0 Å². The number of halogens is 1. The molecule has 0 unspecified atom stereocenters. The number of nitrogens with one attached hydrogen (secondary N) is 1. The van der Waals surface area contributed by atoms with Crippen molar-refractivity contribution < 1.29 is 9.18 Å². The van der Waals surface area contributed by atoms with Gasteiger partial charge in [0.05, 0.1) is 11.2 Å². The summed E-state index contributed by atoms with van der Waals surface area (Å²) < 4.78 is 14.2. The highest BCUT2D eigenvalue weighted by molar-refractivity contribution is 7.12. The zero-order valence-electron chi connectivity index (χ0n) is 15.4. The van der Waals surface area contributed by atoms with Gasteiger partial charge in [0, 0.05) is 23.2 Å². The monoisotopic (exact) mass is 384 g/mol. The molecule has 2 heterocycles. The lowest BCUT2D eigenvalue weighted by Crippen LogP contribution is -2.41. The van der Waals surface area contributed by atoms with E-state index in [0.29, 0.717) is 27.5 Å². The molecule has 0 fully saturated rings. The molecule has 0 saturated carbocycles. The third-order valence-corrected chi connectivity index (χ3v) is 5.51. The van der Waals surface area contributed by atoms with Crippen molar-refractivity contribution in [3.05, 3.63) is 69.6 Å². The van der Waals surface area contributed by atoms with Crippen LogP contribution in [0.3, 0.4) is 0 Å². The maximum Gasteiger partial charge on any atom is 0.270 e. The van der Waals surface area contributed by atoms with Gasteiger partial charge in [-0.2, -0.15) is 0 Å². The van der Waals surface area contributed by atoms with E-state index in [1.165, 1.54) is 17.4 Å². The Morgan fingerprint density at radius 2 is 2.00 bits per heavy atom. The van der Waals surface area contributed by atoms with Crippen LogP contribution in [0.25, 0.3) is 11.3 Å². The quantitative estimate of drug-likeness (QED) is 0.702. The first-order chi connectivity index (χ1) is 12.8. The van der Waals surface area contributed by atoms with Crippen molar-refractivity contribution in [2.75, 3.05) is 0 Å². The van der Waals surface area contributed by atoms with Gasteiger partial charge < -0.3 is 11.1 Å². The predicted octanol–water partition coefficient (Wildman–Crippen LogP) is 3.78. The van der Waals surface area contributed by atoms with Gasteiger partial charge >= 0.3 is 0 Å². The lowest BCUT2D eigenvalue weighted by Gasteiger charge is -2.24. The number of hydrogen-bond donors (Lipinski definition) is 2. The number of aromatic nitrogens is 2. The van der Waals surface area contributed by atoms with Crippen LogP contribution in [0.5, 0.6) is 0 Å². The van der Waals surface area contributed by atoms with Crippen LogP contribution in [0, 0.1) is 12.7 Å². The lowest BCUT2D eigenvalue weighted by atomic mass is 10.1. The summed E-state index contributed by atoms with van der Waals surface area (Å²) >= 11 is 1.43. The van der Waals surface area contributed by atoms with Crippen molar-refractivity contribution >= 4 is 17.2 Å². The standard InChI is InChI=1S/C20H21FN4OS/c1-12-16(14-8-4-5-9-15(14)21)24-19(27-12)20(2,3)25-18(26)17-13(11-22)7-6-10-23-17/h4-10H,11,22H2,1-3H3,(H,25,26). The van der Waals surface area contributed by atoms with Gasteiger partial charge in [0.25, 0.3) is 5.91 Å². The maximum absolute atomic E-state index is 14.2. The van der Waals surface area contributed by atoms with Crippen LogP contribution in [0.2, 0.25) is 0 Å². The normalized spacial score (nSPS) is 11.4. The number of carbonyl (C=O) groups is 1. The van der Waals surface area contributed by atoms with Crippen LogP contribution < -0.4 is 11.1 Å². The number of pyridine rings is 1. The number of aryl methyl sites for hydroxylation is 1. The molecule has 2 aromatic heterocycles. The molecule has 0 atom stereocenters. The summed E-state index contributed by atoms with van der Waals surface area (Å²) in [5, 5.41) is 3.66. The van der Waals surface area contributed by atoms with Crippen molar-refractivity contribution in [1.82, 2.24) is 15.3 Å². The van der Waals surface area contributed by atoms with E-state index in [-0.39, 0.29) is 18.3 Å². The number of rotatable bonds is 5. The minimum absolute atomic E-state index is 0.227. The molecule has 0 aliphatic carbocycles. The summed E-state index contributed by atoms with van der Waals surface area (Å²) in [6, 6.07) is 10.1. The topological polar surface area (TPSA) is 80.9 Å². The maximum atomic E-state index is 14.2. The second-order valence-electron chi connectivity index (χ2n) is 6.70.